The largest absolute Gasteiger partial charge is 0.347 e. The second-order valence-corrected chi connectivity index (χ2v) is 6.21. The number of rotatable bonds is 3. The first kappa shape index (κ1) is 14.4. The standard InChI is InChI=1S/C14H14N2O3S/c1-10-5-2-3-8-13(10)14(17)16-11-6-4-7-12(9-11)20(15,18)19/h2-9H,1H3,(H,16,17)(H2,15,18,19)/p+2. The molecule has 2 aromatic carbocycles. The molecule has 6 heteroatoms. The molecule has 0 unspecified atom stereocenters. The molecule has 0 fully saturated rings. The lowest BCUT2D eigenvalue weighted by Crippen LogP contribution is -2.82. The van der Waals surface area contributed by atoms with Gasteiger partial charge in [-0.05, 0) is 30.7 Å². The number of carbonyl (C=O) groups excluding carboxylic acids is 1. The molecule has 20 heavy (non-hydrogen) atoms. The van der Waals surface area contributed by atoms with Crippen LogP contribution in [-0.2, 0) is 10.0 Å². The fraction of sp³-hybridized carbons (Fsp3) is 0.0714. The second kappa shape index (κ2) is 5.54. The van der Waals surface area contributed by atoms with Gasteiger partial charge in [-0.15, -0.1) is 0 Å². The first-order valence-corrected chi connectivity index (χ1v) is 7.66. The minimum Gasteiger partial charge on any atom is -0.248 e. The third kappa shape index (κ3) is 3.30. The first-order valence-electron chi connectivity index (χ1n) is 6.01. The molecule has 0 atom stereocenters. The number of nitrogens with two attached hydrogens (primary N) is 1. The molecule has 0 spiro atoms. The molecule has 0 saturated heterocycles. The van der Waals surface area contributed by atoms with E-state index in [9.17, 15) is 13.2 Å². The van der Waals surface area contributed by atoms with E-state index in [4.69, 9.17) is 0 Å². The zero-order valence-electron chi connectivity index (χ0n) is 11.0. The van der Waals surface area contributed by atoms with Crippen LogP contribution < -0.4 is 10.5 Å². The first-order chi connectivity index (χ1) is 9.38. The predicted octanol–water partition coefficient (Wildman–Crippen LogP) is -0.0391. The van der Waals surface area contributed by atoms with Gasteiger partial charge in [0.15, 0.2) is 0 Å². The normalized spacial score (nSPS) is 11.3. The number of amides is 1. The van der Waals surface area contributed by atoms with Gasteiger partial charge in [0.05, 0.1) is 5.56 Å². The number of primary amides is 1. The van der Waals surface area contributed by atoms with Gasteiger partial charge in [-0.1, -0.05) is 24.3 Å². The van der Waals surface area contributed by atoms with Crippen LogP contribution in [0, 0.1) is 6.92 Å². The van der Waals surface area contributed by atoms with Gasteiger partial charge in [-0.25, -0.2) is 15.3 Å². The Balaban J connectivity index is 2.27. The molecule has 2 aromatic rings. The monoisotopic (exact) mass is 292 g/mol. The van der Waals surface area contributed by atoms with Crippen molar-refractivity contribution in [2.24, 2.45) is 0 Å². The van der Waals surface area contributed by atoms with Crippen LogP contribution in [0.2, 0.25) is 0 Å². The van der Waals surface area contributed by atoms with E-state index in [1.807, 2.05) is 19.1 Å². The fourth-order valence-electron chi connectivity index (χ4n) is 1.88. The zero-order valence-corrected chi connectivity index (χ0v) is 11.9. The number of sulfonamides is 1. The van der Waals surface area contributed by atoms with E-state index in [1.165, 1.54) is 17.4 Å². The number of quaternary nitrogens is 2. The van der Waals surface area contributed by atoms with E-state index in [0.717, 1.165) is 5.56 Å². The lowest BCUT2D eigenvalue weighted by Gasteiger charge is -2.03. The third-order valence-electron chi connectivity index (χ3n) is 2.93. The van der Waals surface area contributed by atoms with Crippen molar-refractivity contribution in [2.75, 3.05) is 0 Å². The summed E-state index contributed by atoms with van der Waals surface area (Å²) in [6, 6.07) is 13.4. The third-order valence-corrected chi connectivity index (χ3v) is 3.90. The summed E-state index contributed by atoms with van der Waals surface area (Å²) < 4.78 is 22.8. The summed E-state index contributed by atoms with van der Waals surface area (Å²) in [6.45, 7) is 1.86. The highest BCUT2D eigenvalue weighted by atomic mass is 32.2. The number of carbonyl (C=O) groups is 1. The van der Waals surface area contributed by atoms with Crippen molar-refractivity contribution in [3.05, 3.63) is 59.7 Å². The average Bonchev–Trinajstić information content (AvgIpc) is 2.38. The van der Waals surface area contributed by atoms with Crippen LogP contribution in [0.1, 0.15) is 15.9 Å². The molecular weight excluding hydrogens is 276 g/mol. The van der Waals surface area contributed by atoms with Crippen LogP contribution in [0.5, 0.6) is 0 Å². The molecule has 0 aliphatic heterocycles. The topological polar surface area (TPSA) is 95.5 Å². The van der Waals surface area contributed by atoms with Gasteiger partial charge in [0.2, 0.25) is 0 Å². The van der Waals surface area contributed by atoms with Crippen LogP contribution >= 0.6 is 0 Å². The van der Waals surface area contributed by atoms with Crippen molar-refractivity contribution in [3.8, 4) is 0 Å². The molecule has 0 aliphatic rings. The van der Waals surface area contributed by atoms with E-state index in [-0.39, 0.29) is 10.8 Å². The average molecular weight is 292 g/mol. The Morgan fingerprint density at radius 1 is 1.10 bits per heavy atom. The summed E-state index contributed by atoms with van der Waals surface area (Å²) in [5.41, 5.74) is 2.04. The van der Waals surface area contributed by atoms with Crippen molar-refractivity contribution >= 4 is 21.6 Å². The van der Waals surface area contributed by atoms with E-state index in [0.29, 0.717) is 11.3 Å². The Labute approximate surface area is 117 Å². The van der Waals surface area contributed by atoms with E-state index in [1.54, 1.807) is 24.3 Å². The smallest absolute Gasteiger partial charge is 0.248 e. The molecule has 104 valence electrons. The van der Waals surface area contributed by atoms with Crippen LogP contribution in [0.4, 0.5) is 5.69 Å². The van der Waals surface area contributed by atoms with Crippen LogP contribution in [-0.4, -0.2) is 14.3 Å². The Kier molecular flexibility index (Phi) is 3.99. The number of hydrogen-bond donors (Lipinski definition) is 2. The van der Waals surface area contributed by atoms with Crippen molar-refractivity contribution in [1.82, 2.24) is 0 Å². The summed E-state index contributed by atoms with van der Waals surface area (Å²) in [5.74, 6) is -0.151. The Morgan fingerprint density at radius 3 is 2.45 bits per heavy atom. The molecule has 0 saturated carbocycles. The molecule has 5 N–H and O–H groups in total. The highest BCUT2D eigenvalue weighted by Crippen LogP contribution is 2.10. The van der Waals surface area contributed by atoms with Gasteiger partial charge in [0, 0.05) is 6.07 Å². The fourth-order valence-corrected chi connectivity index (χ4v) is 2.48. The molecular formula is C14H16N2O3S+2. The van der Waals surface area contributed by atoms with Crippen molar-refractivity contribution in [3.63, 3.8) is 0 Å². The lowest BCUT2D eigenvalue weighted by molar-refractivity contribution is -0.464. The summed E-state index contributed by atoms with van der Waals surface area (Å²) >= 11 is 0. The molecule has 0 aliphatic carbocycles. The maximum Gasteiger partial charge on any atom is 0.347 e. The minimum atomic E-state index is -3.52. The highest BCUT2D eigenvalue weighted by molar-refractivity contribution is 7.84. The van der Waals surface area contributed by atoms with E-state index < -0.39 is 10.0 Å². The molecule has 5 nitrogen and oxygen atoms in total. The zero-order chi connectivity index (χ0) is 14.8. The van der Waals surface area contributed by atoms with Gasteiger partial charge < -0.3 is 0 Å². The molecule has 0 aromatic heterocycles. The SMILES string of the molecule is Cc1ccccc1C(=O)[NH2+]c1cccc(S([NH3+])(=O)=O)c1. The van der Waals surface area contributed by atoms with E-state index in [2.05, 4.69) is 5.14 Å². The Morgan fingerprint density at radius 2 is 1.80 bits per heavy atom. The van der Waals surface area contributed by atoms with Gasteiger partial charge in [0.25, 0.3) is 0 Å². The van der Waals surface area contributed by atoms with Crippen molar-refractivity contribution < 1.29 is 23.7 Å². The molecule has 2 rings (SSSR count). The molecule has 1 amide bonds. The lowest BCUT2D eigenvalue weighted by atomic mass is 10.1. The van der Waals surface area contributed by atoms with Crippen LogP contribution in [0.3, 0.4) is 0 Å². The quantitative estimate of drug-likeness (QED) is 0.777. The van der Waals surface area contributed by atoms with Crippen molar-refractivity contribution in [2.45, 2.75) is 11.8 Å². The van der Waals surface area contributed by atoms with Crippen molar-refractivity contribution in [1.29, 1.82) is 0 Å². The van der Waals surface area contributed by atoms with Crippen LogP contribution in [0.15, 0.2) is 53.4 Å². The summed E-state index contributed by atoms with van der Waals surface area (Å²) in [5, 5.41) is 4.53. The summed E-state index contributed by atoms with van der Waals surface area (Å²) in [4.78, 5) is 12.3. The number of benzene rings is 2. The Hall–Kier alpha value is -2.02. The number of hydrogen-bond acceptors (Lipinski definition) is 3. The maximum absolute atomic E-state index is 12.2. The molecule has 0 bridgehead atoms. The second-order valence-electron chi connectivity index (χ2n) is 4.51. The van der Waals surface area contributed by atoms with Crippen LogP contribution in [0.25, 0.3) is 0 Å². The predicted molar refractivity (Wildman–Crippen MR) is 73.6 cm³/mol. The van der Waals surface area contributed by atoms with E-state index >= 15 is 0 Å². The maximum atomic E-state index is 12.2. The minimum absolute atomic E-state index is 0.101. The highest BCUT2D eigenvalue weighted by Gasteiger charge is 2.17. The molecule has 0 radical (unpaired) electrons. The molecule has 0 heterocycles. The summed E-state index contributed by atoms with van der Waals surface area (Å²) in [6.07, 6.45) is 0. The van der Waals surface area contributed by atoms with Gasteiger partial charge in [-0.2, -0.15) is 8.42 Å². The Bertz CT molecular complexity index is 755. The van der Waals surface area contributed by atoms with Gasteiger partial charge in [0.1, 0.15) is 10.6 Å². The van der Waals surface area contributed by atoms with Gasteiger partial charge in [-0.3, -0.25) is 0 Å². The van der Waals surface area contributed by atoms with Gasteiger partial charge >= 0.3 is 15.9 Å². The number of aryl methyl sites for hydroxylation is 1. The summed E-state index contributed by atoms with van der Waals surface area (Å²) in [7, 11) is -3.52.